The second-order valence-electron chi connectivity index (χ2n) is 6.31. The lowest BCUT2D eigenvalue weighted by Crippen LogP contribution is -2.29. The van der Waals surface area contributed by atoms with Crippen LogP contribution in [0, 0.1) is 5.92 Å². The molecule has 0 amide bonds. The van der Waals surface area contributed by atoms with Gasteiger partial charge in [-0.25, -0.2) is 4.52 Å². The zero-order valence-electron chi connectivity index (χ0n) is 14.3. The monoisotopic (exact) mass is 403 g/mol. The van der Waals surface area contributed by atoms with E-state index in [-0.39, 0.29) is 12.6 Å². The standard InChI is InChI=1S/C18H22BrN5O/c1-12(2)16(11-25)23-14-6-17-15(19)10-22-24(17)18(7-14)21-9-13-4-3-5-20-8-13/h3-8,10,12,16,21,23,25H,9,11H2,1-2H3. The highest BCUT2D eigenvalue weighted by Crippen LogP contribution is 2.27. The lowest BCUT2D eigenvalue weighted by molar-refractivity contribution is 0.249. The number of rotatable bonds is 7. The highest BCUT2D eigenvalue weighted by atomic mass is 79.9. The van der Waals surface area contributed by atoms with E-state index >= 15 is 0 Å². The number of halogens is 1. The van der Waals surface area contributed by atoms with Gasteiger partial charge in [-0.2, -0.15) is 5.10 Å². The lowest BCUT2D eigenvalue weighted by Gasteiger charge is -2.22. The van der Waals surface area contributed by atoms with Crippen molar-refractivity contribution in [3.05, 3.63) is 52.9 Å². The molecule has 0 bridgehead atoms. The van der Waals surface area contributed by atoms with Crippen LogP contribution in [0.5, 0.6) is 0 Å². The number of anilines is 2. The highest BCUT2D eigenvalue weighted by molar-refractivity contribution is 9.10. The van der Waals surface area contributed by atoms with Crippen molar-refractivity contribution in [2.24, 2.45) is 5.92 Å². The summed E-state index contributed by atoms with van der Waals surface area (Å²) in [5, 5.41) is 20.8. The number of pyridine rings is 2. The van der Waals surface area contributed by atoms with Crippen LogP contribution in [0.15, 0.2) is 47.3 Å². The smallest absolute Gasteiger partial charge is 0.130 e. The summed E-state index contributed by atoms with van der Waals surface area (Å²) in [6, 6.07) is 7.98. The number of nitrogens with zero attached hydrogens (tertiary/aromatic N) is 3. The van der Waals surface area contributed by atoms with Gasteiger partial charge in [-0.05, 0) is 39.5 Å². The van der Waals surface area contributed by atoms with Gasteiger partial charge < -0.3 is 15.7 Å². The molecule has 132 valence electrons. The first-order valence-corrected chi connectivity index (χ1v) is 9.05. The van der Waals surface area contributed by atoms with Crippen LogP contribution >= 0.6 is 15.9 Å². The molecule has 3 N–H and O–H groups in total. The third-order valence-corrected chi connectivity index (χ3v) is 4.73. The zero-order chi connectivity index (χ0) is 17.8. The van der Waals surface area contributed by atoms with Gasteiger partial charge in [-0.1, -0.05) is 19.9 Å². The van der Waals surface area contributed by atoms with Gasteiger partial charge in [0.1, 0.15) is 5.82 Å². The molecule has 0 aromatic carbocycles. The van der Waals surface area contributed by atoms with Gasteiger partial charge in [0.2, 0.25) is 0 Å². The molecular formula is C18H22BrN5O. The van der Waals surface area contributed by atoms with Crippen molar-refractivity contribution in [2.45, 2.75) is 26.4 Å². The van der Waals surface area contributed by atoms with Crippen LogP contribution in [0.3, 0.4) is 0 Å². The van der Waals surface area contributed by atoms with Crippen molar-refractivity contribution in [3.63, 3.8) is 0 Å². The minimum atomic E-state index is -0.00433. The van der Waals surface area contributed by atoms with E-state index in [4.69, 9.17) is 0 Å². The fourth-order valence-corrected chi connectivity index (χ4v) is 2.97. The molecule has 6 nitrogen and oxygen atoms in total. The van der Waals surface area contributed by atoms with Gasteiger partial charge in [-0.15, -0.1) is 0 Å². The first kappa shape index (κ1) is 17.7. The third kappa shape index (κ3) is 4.11. The van der Waals surface area contributed by atoms with Crippen molar-refractivity contribution in [1.29, 1.82) is 0 Å². The summed E-state index contributed by atoms with van der Waals surface area (Å²) in [6.45, 7) is 4.91. The number of hydrogen-bond donors (Lipinski definition) is 3. The van der Waals surface area contributed by atoms with Crippen LogP contribution in [0.1, 0.15) is 19.4 Å². The first-order chi connectivity index (χ1) is 12.1. The van der Waals surface area contributed by atoms with E-state index < -0.39 is 0 Å². The number of fused-ring (bicyclic) bond motifs is 1. The number of hydrogen-bond acceptors (Lipinski definition) is 5. The quantitative estimate of drug-likeness (QED) is 0.562. The van der Waals surface area contributed by atoms with E-state index in [1.165, 1.54) is 0 Å². The molecule has 3 aromatic heterocycles. The van der Waals surface area contributed by atoms with Crippen LogP contribution < -0.4 is 10.6 Å². The summed E-state index contributed by atoms with van der Waals surface area (Å²) < 4.78 is 2.78. The van der Waals surface area contributed by atoms with Gasteiger partial charge in [0.25, 0.3) is 0 Å². The molecule has 3 heterocycles. The maximum absolute atomic E-state index is 9.60. The average Bonchev–Trinajstić information content (AvgIpc) is 2.99. The molecule has 25 heavy (non-hydrogen) atoms. The van der Waals surface area contributed by atoms with Crippen LogP contribution in [0.4, 0.5) is 11.5 Å². The Balaban J connectivity index is 1.90. The summed E-state index contributed by atoms with van der Waals surface area (Å²) in [6.07, 6.45) is 5.38. The fourth-order valence-electron chi connectivity index (χ4n) is 2.60. The number of nitrogens with one attached hydrogen (secondary N) is 2. The Morgan fingerprint density at radius 2 is 2.12 bits per heavy atom. The minimum Gasteiger partial charge on any atom is -0.394 e. The predicted molar refractivity (Wildman–Crippen MR) is 104 cm³/mol. The maximum atomic E-state index is 9.60. The summed E-state index contributed by atoms with van der Waals surface area (Å²) in [5.41, 5.74) is 2.99. The molecule has 3 aromatic rings. The van der Waals surface area contributed by atoms with Crippen molar-refractivity contribution >= 4 is 33.0 Å². The predicted octanol–water partition coefficient (Wildman–Crippen LogP) is 3.53. The number of aliphatic hydroxyl groups excluding tert-OH is 1. The van der Waals surface area contributed by atoms with Gasteiger partial charge in [0.05, 0.1) is 28.8 Å². The average molecular weight is 404 g/mol. The minimum absolute atomic E-state index is 0.00433. The molecule has 1 atom stereocenters. The van der Waals surface area contributed by atoms with Crippen molar-refractivity contribution in [1.82, 2.24) is 14.6 Å². The molecule has 0 saturated carbocycles. The Bertz CT molecular complexity index is 834. The Kier molecular flexibility index (Phi) is 5.55. The molecule has 0 aliphatic rings. The van der Waals surface area contributed by atoms with Crippen LogP contribution in [-0.4, -0.2) is 32.4 Å². The molecule has 3 rings (SSSR count). The van der Waals surface area contributed by atoms with Gasteiger partial charge in [0, 0.05) is 30.7 Å². The molecule has 0 radical (unpaired) electrons. The third-order valence-electron chi connectivity index (χ3n) is 4.12. The molecule has 1 unspecified atom stereocenters. The molecule has 0 aliphatic carbocycles. The van der Waals surface area contributed by atoms with Gasteiger partial charge in [-0.3, -0.25) is 4.98 Å². The Morgan fingerprint density at radius 3 is 2.80 bits per heavy atom. The Labute approximate surface area is 155 Å². The van der Waals surface area contributed by atoms with Crippen LogP contribution in [0.2, 0.25) is 0 Å². The van der Waals surface area contributed by atoms with E-state index in [1.807, 2.05) is 35.0 Å². The number of aromatic nitrogens is 3. The van der Waals surface area contributed by atoms with Gasteiger partial charge >= 0.3 is 0 Å². The first-order valence-electron chi connectivity index (χ1n) is 8.26. The molecule has 0 fully saturated rings. The van der Waals surface area contributed by atoms with Crippen molar-refractivity contribution < 1.29 is 5.11 Å². The maximum Gasteiger partial charge on any atom is 0.130 e. The van der Waals surface area contributed by atoms with Crippen LogP contribution in [-0.2, 0) is 6.54 Å². The van der Waals surface area contributed by atoms with Crippen molar-refractivity contribution in [3.8, 4) is 0 Å². The second kappa shape index (κ2) is 7.84. The van der Waals surface area contributed by atoms with E-state index in [0.29, 0.717) is 12.5 Å². The largest absolute Gasteiger partial charge is 0.394 e. The van der Waals surface area contributed by atoms with E-state index in [0.717, 1.165) is 27.1 Å². The Hall–Kier alpha value is -2.12. The normalized spacial score (nSPS) is 12.5. The molecule has 7 heteroatoms. The molecule has 0 spiro atoms. The lowest BCUT2D eigenvalue weighted by atomic mass is 10.1. The SMILES string of the molecule is CC(C)C(CO)Nc1cc(NCc2cccnc2)n2ncc(Br)c2c1. The highest BCUT2D eigenvalue weighted by Gasteiger charge is 2.14. The molecule has 0 saturated heterocycles. The summed E-state index contributed by atoms with van der Waals surface area (Å²) in [4.78, 5) is 4.14. The topological polar surface area (TPSA) is 74.5 Å². The number of aliphatic hydroxyl groups is 1. The second-order valence-corrected chi connectivity index (χ2v) is 7.17. The fraction of sp³-hybridized carbons (Fsp3) is 0.333. The van der Waals surface area contributed by atoms with Crippen LogP contribution in [0.25, 0.3) is 5.52 Å². The molecular weight excluding hydrogens is 382 g/mol. The van der Waals surface area contributed by atoms with Crippen molar-refractivity contribution in [2.75, 3.05) is 17.2 Å². The van der Waals surface area contributed by atoms with E-state index in [2.05, 4.69) is 50.5 Å². The zero-order valence-corrected chi connectivity index (χ0v) is 15.9. The summed E-state index contributed by atoms with van der Waals surface area (Å²) in [7, 11) is 0. The summed E-state index contributed by atoms with van der Waals surface area (Å²) >= 11 is 3.55. The van der Waals surface area contributed by atoms with E-state index in [9.17, 15) is 5.11 Å². The Morgan fingerprint density at radius 1 is 1.28 bits per heavy atom. The summed E-state index contributed by atoms with van der Waals surface area (Å²) in [5.74, 6) is 1.19. The molecule has 0 aliphatic heterocycles. The van der Waals surface area contributed by atoms with Gasteiger partial charge in [0.15, 0.2) is 0 Å². The van der Waals surface area contributed by atoms with E-state index in [1.54, 1.807) is 12.4 Å².